The average Bonchev–Trinajstić information content (AvgIpc) is 3.32. The molecule has 3 aromatic rings. The van der Waals surface area contributed by atoms with Crippen molar-refractivity contribution < 1.29 is 9.53 Å². The van der Waals surface area contributed by atoms with Crippen molar-refractivity contribution in [2.45, 2.75) is 19.4 Å². The molecule has 5 heteroatoms. The molecule has 1 saturated heterocycles. The summed E-state index contributed by atoms with van der Waals surface area (Å²) in [5.41, 5.74) is 3.48. The average molecular weight is 404 g/mol. The van der Waals surface area contributed by atoms with E-state index in [4.69, 9.17) is 4.74 Å². The van der Waals surface area contributed by atoms with Gasteiger partial charge in [0.15, 0.2) is 0 Å². The van der Waals surface area contributed by atoms with E-state index in [1.807, 2.05) is 47.6 Å². The Morgan fingerprint density at radius 2 is 1.70 bits per heavy atom. The zero-order valence-corrected chi connectivity index (χ0v) is 17.7. The summed E-state index contributed by atoms with van der Waals surface area (Å²) >= 11 is 0. The van der Waals surface area contributed by atoms with E-state index >= 15 is 0 Å². The number of hydrogen-bond donors (Lipinski definition) is 0. The fourth-order valence-corrected chi connectivity index (χ4v) is 4.21. The maximum Gasteiger partial charge on any atom is 0.225 e. The van der Waals surface area contributed by atoms with Crippen molar-refractivity contribution in [1.82, 2.24) is 9.47 Å². The molecule has 0 N–H and O–H groups in total. The minimum atomic E-state index is 0.0136. The number of para-hydroxylation sites is 2. The van der Waals surface area contributed by atoms with E-state index in [0.29, 0.717) is 6.42 Å². The third kappa shape index (κ3) is 4.35. The molecule has 1 fully saturated rings. The molecular formula is C25H29N3O2. The number of aryl methyl sites for hydroxylation is 1. The Kier molecular flexibility index (Phi) is 6.07. The van der Waals surface area contributed by atoms with Crippen molar-refractivity contribution in [2.24, 2.45) is 0 Å². The molecule has 0 unspecified atom stereocenters. The van der Waals surface area contributed by atoms with E-state index in [1.54, 1.807) is 7.11 Å². The van der Waals surface area contributed by atoms with Gasteiger partial charge < -0.3 is 19.1 Å². The number of ether oxygens (including phenoxy) is 1. The molecule has 1 aliphatic rings. The van der Waals surface area contributed by atoms with Gasteiger partial charge in [0, 0.05) is 38.6 Å². The number of rotatable bonds is 6. The lowest BCUT2D eigenvalue weighted by Gasteiger charge is -2.37. The molecule has 0 spiro atoms. The Balaban J connectivity index is 1.44. The van der Waals surface area contributed by atoms with Crippen LogP contribution in [0.4, 0.5) is 5.69 Å². The number of benzene rings is 2. The number of nitrogens with zero attached hydrogens (tertiary/aromatic N) is 3. The van der Waals surface area contributed by atoms with Gasteiger partial charge in [-0.25, -0.2) is 0 Å². The highest BCUT2D eigenvalue weighted by molar-refractivity contribution is 5.77. The Hall–Kier alpha value is -3.21. The summed E-state index contributed by atoms with van der Waals surface area (Å²) in [6, 6.07) is 20.6. The molecular weight excluding hydrogens is 374 g/mol. The second kappa shape index (κ2) is 9.08. The highest BCUT2D eigenvalue weighted by Gasteiger charge is 2.26. The van der Waals surface area contributed by atoms with Gasteiger partial charge >= 0.3 is 0 Å². The molecule has 0 bridgehead atoms. The van der Waals surface area contributed by atoms with E-state index in [9.17, 15) is 4.79 Å². The van der Waals surface area contributed by atoms with Crippen molar-refractivity contribution in [3.63, 3.8) is 0 Å². The first-order valence-electron chi connectivity index (χ1n) is 10.5. The number of anilines is 1. The zero-order valence-electron chi connectivity index (χ0n) is 17.7. The minimum absolute atomic E-state index is 0.0136. The van der Waals surface area contributed by atoms with Gasteiger partial charge in [0.05, 0.1) is 25.3 Å². The molecule has 0 saturated carbocycles. The third-order valence-electron chi connectivity index (χ3n) is 5.84. The first-order chi connectivity index (χ1) is 14.7. The van der Waals surface area contributed by atoms with E-state index in [0.717, 1.165) is 37.6 Å². The molecule has 2 heterocycles. The maximum atomic E-state index is 13.2. The van der Waals surface area contributed by atoms with Crippen LogP contribution in [0.25, 0.3) is 0 Å². The van der Waals surface area contributed by atoms with Gasteiger partial charge in [-0.3, -0.25) is 4.79 Å². The number of aromatic nitrogens is 1. The molecule has 2 aromatic carbocycles. The van der Waals surface area contributed by atoms with Crippen molar-refractivity contribution in [2.75, 3.05) is 38.2 Å². The maximum absolute atomic E-state index is 13.2. The molecule has 1 aromatic heterocycles. The molecule has 5 nitrogen and oxygen atoms in total. The van der Waals surface area contributed by atoms with Crippen LogP contribution < -0.4 is 9.64 Å². The number of carbonyl (C=O) groups excluding carboxylic acids is 1. The van der Waals surface area contributed by atoms with Crippen LogP contribution in [0.2, 0.25) is 0 Å². The predicted molar refractivity (Wildman–Crippen MR) is 120 cm³/mol. The van der Waals surface area contributed by atoms with Crippen molar-refractivity contribution >= 4 is 11.6 Å². The Morgan fingerprint density at radius 1 is 0.967 bits per heavy atom. The molecule has 1 amide bonds. The third-order valence-corrected chi connectivity index (χ3v) is 5.84. The normalized spacial score (nSPS) is 15.1. The van der Waals surface area contributed by atoms with Crippen molar-refractivity contribution in [1.29, 1.82) is 0 Å². The molecule has 30 heavy (non-hydrogen) atoms. The van der Waals surface area contributed by atoms with E-state index in [2.05, 4.69) is 46.7 Å². The van der Waals surface area contributed by atoms with Gasteiger partial charge in [0.1, 0.15) is 5.75 Å². The highest BCUT2D eigenvalue weighted by Crippen LogP contribution is 2.29. The molecule has 1 atom stereocenters. The Morgan fingerprint density at radius 3 is 2.40 bits per heavy atom. The summed E-state index contributed by atoms with van der Waals surface area (Å²) in [5.74, 6) is 1.08. The second-order valence-corrected chi connectivity index (χ2v) is 7.80. The smallest absolute Gasteiger partial charge is 0.225 e. The minimum Gasteiger partial charge on any atom is -0.495 e. The SMILES string of the molecule is COc1ccccc1N1CCN(C(=O)C[C@@H](c2cccc(C)c2)n2cccc2)CC1. The van der Waals surface area contributed by atoms with Crippen molar-refractivity contribution in [3.8, 4) is 5.75 Å². The van der Waals surface area contributed by atoms with Crippen molar-refractivity contribution in [3.05, 3.63) is 84.2 Å². The lowest BCUT2D eigenvalue weighted by atomic mass is 10.0. The van der Waals surface area contributed by atoms with Gasteiger partial charge in [0.25, 0.3) is 0 Å². The summed E-state index contributed by atoms with van der Waals surface area (Å²) < 4.78 is 7.64. The number of amides is 1. The number of carbonyl (C=O) groups is 1. The number of methoxy groups -OCH3 is 1. The van der Waals surface area contributed by atoms with Crippen LogP contribution in [0.3, 0.4) is 0 Å². The molecule has 4 rings (SSSR count). The van der Waals surface area contributed by atoms with Crippen LogP contribution >= 0.6 is 0 Å². The van der Waals surface area contributed by atoms with Gasteiger partial charge in [-0.1, -0.05) is 42.0 Å². The molecule has 156 valence electrons. The van der Waals surface area contributed by atoms with Crippen LogP contribution in [-0.4, -0.2) is 48.7 Å². The van der Waals surface area contributed by atoms with Crippen LogP contribution in [0.1, 0.15) is 23.6 Å². The van der Waals surface area contributed by atoms with Gasteiger partial charge in [0.2, 0.25) is 5.91 Å². The molecule has 0 radical (unpaired) electrons. The summed E-state index contributed by atoms with van der Waals surface area (Å²) in [6.45, 7) is 5.16. The van der Waals surface area contributed by atoms with Crippen LogP contribution in [0.15, 0.2) is 73.1 Å². The van der Waals surface area contributed by atoms with Gasteiger partial charge in [-0.15, -0.1) is 0 Å². The summed E-state index contributed by atoms with van der Waals surface area (Å²) in [6.07, 6.45) is 4.55. The molecule has 1 aliphatic heterocycles. The number of hydrogen-bond acceptors (Lipinski definition) is 3. The van der Waals surface area contributed by atoms with Crippen LogP contribution in [0.5, 0.6) is 5.75 Å². The standard InChI is InChI=1S/C25H29N3O2/c1-20-8-7-9-21(18-20)23(26-12-5-6-13-26)19-25(29)28-16-14-27(15-17-28)22-10-3-4-11-24(22)30-2/h3-13,18,23H,14-17,19H2,1-2H3/t23-/m0/s1. The fraction of sp³-hybridized carbons (Fsp3) is 0.320. The lowest BCUT2D eigenvalue weighted by molar-refractivity contribution is -0.132. The number of piperazine rings is 1. The summed E-state index contributed by atoms with van der Waals surface area (Å²) in [4.78, 5) is 17.5. The predicted octanol–water partition coefficient (Wildman–Crippen LogP) is 4.13. The first-order valence-corrected chi connectivity index (χ1v) is 10.5. The quantitative estimate of drug-likeness (QED) is 0.621. The lowest BCUT2D eigenvalue weighted by Crippen LogP contribution is -2.49. The zero-order chi connectivity index (χ0) is 20.9. The van der Waals surface area contributed by atoms with Crippen LogP contribution in [-0.2, 0) is 4.79 Å². The monoisotopic (exact) mass is 403 g/mol. The molecule has 0 aliphatic carbocycles. The largest absolute Gasteiger partial charge is 0.495 e. The second-order valence-electron chi connectivity index (χ2n) is 7.80. The summed E-state index contributed by atoms with van der Waals surface area (Å²) in [5, 5.41) is 0. The Bertz CT molecular complexity index is 976. The topological polar surface area (TPSA) is 37.7 Å². The first kappa shape index (κ1) is 20.1. The summed E-state index contributed by atoms with van der Waals surface area (Å²) in [7, 11) is 1.70. The van der Waals surface area contributed by atoms with E-state index in [1.165, 1.54) is 11.1 Å². The van der Waals surface area contributed by atoms with Gasteiger partial charge in [-0.05, 0) is 36.8 Å². The Labute approximate surface area is 178 Å². The van der Waals surface area contributed by atoms with E-state index < -0.39 is 0 Å². The van der Waals surface area contributed by atoms with Gasteiger partial charge in [-0.2, -0.15) is 0 Å². The fourth-order valence-electron chi connectivity index (χ4n) is 4.21. The highest BCUT2D eigenvalue weighted by atomic mass is 16.5. The van der Waals surface area contributed by atoms with Crippen LogP contribution in [0, 0.1) is 6.92 Å². The van der Waals surface area contributed by atoms with E-state index in [-0.39, 0.29) is 11.9 Å².